The van der Waals surface area contributed by atoms with E-state index in [1.807, 2.05) is 32.3 Å². The highest BCUT2D eigenvalue weighted by molar-refractivity contribution is 9.10. The van der Waals surface area contributed by atoms with Gasteiger partial charge in [-0.3, -0.25) is 4.98 Å². The Morgan fingerprint density at radius 3 is 2.80 bits per heavy atom. The first-order chi connectivity index (χ1) is 9.60. The molecule has 106 valence electrons. The zero-order chi connectivity index (χ0) is 14.5. The van der Waals surface area contributed by atoms with Crippen molar-refractivity contribution >= 4 is 15.9 Å². The zero-order valence-corrected chi connectivity index (χ0v) is 13.2. The standard InChI is InChI=1S/C16H18BrFN2/c1-3-20-16(13-6-11(2)9-19-10-13)8-12-7-14(17)4-5-15(12)18/h4-7,9-10,16,20H,3,8H2,1-2H3. The molecule has 20 heavy (non-hydrogen) atoms. The van der Waals surface area contributed by atoms with Crippen molar-refractivity contribution in [2.24, 2.45) is 0 Å². The number of pyridine rings is 1. The van der Waals surface area contributed by atoms with Crippen LogP contribution in [0.15, 0.2) is 41.1 Å². The van der Waals surface area contributed by atoms with E-state index in [1.54, 1.807) is 6.07 Å². The molecule has 1 heterocycles. The average Bonchev–Trinajstić information content (AvgIpc) is 2.42. The van der Waals surface area contributed by atoms with Crippen molar-refractivity contribution in [3.05, 3.63) is 63.6 Å². The molecule has 1 unspecified atom stereocenters. The third-order valence-corrected chi connectivity index (χ3v) is 3.67. The molecule has 0 bridgehead atoms. The first kappa shape index (κ1) is 15.1. The summed E-state index contributed by atoms with van der Waals surface area (Å²) >= 11 is 3.39. The first-order valence-electron chi connectivity index (χ1n) is 6.69. The molecule has 0 saturated heterocycles. The summed E-state index contributed by atoms with van der Waals surface area (Å²) in [5.74, 6) is -0.170. The molecule has 1 aromatic carbocycles. The van der Waals surface area contributed by atoms with E-state index < -0.39 is 0 Å². The Morgan fingerprint density at radius 1 is 1.30 bits per heavy atom. The van der Waals surface area contributed by atoms with Gasteiger partial charge in [-0.25, -0.2) is 4.39 Å². The van der Waals surface area contributed by atoms with Gasteiger partial charge in [-0.15, -0.1) is 0 Å². The SMILES string of the molecule is CCNC(Cc1cc(Br)ccc1F)c1cncc(C)c1. The van der Waals surface area contributed by atoms with Crippen LogP contribution in [0.2, 0.25) is 0 Å². The Kier molecular flexibility index (Phi) is 5.26. The second kappa shape index (κ2) is 6.95. The average molecular weight is 337 g/mol. The summed E-state index contributed by atoms with van der Waals surface area (Å²) in [4.78, 5) is 4.23. The lowest BCUT2D eigenvalue weighted by Gasteiger charge is -2.19. The maximum absolute atomic E-state index is 13.9. The molecule has 2 rings (SSSR count). The highest BCUT2D eigenvalue weighted by atomic mass is 79.9. The second-order valence-corrected chi connectivity index (χ2v) is 5.76. The lowest BCUT2D eigenvalue weighted by molar-refractivity contribution is 0.526. The van der Waals surface area contributed by atoms with Crippen molar-refractivity contribution in [3.8, 4) is 0 Å². The summed E-state index contributed by atoms with van der Waals surface area (Å²) in [5.41, 5.74) is 2.90. The van der Waals surface area contributed by atoms with Crippen LogP contribution < -0.4 is 5.32 Å². The van der Waals surface area contributed by atoms with Gasteiger partial charge < -0.3 is 5.32 Å². The number of nitrogens with zero attached hydrogens (tertiary/aromatic N) is 1. The number of likely N-dealkylation sites (N-methyl/N-ethyl adjacent to an activating group) is 1. The first-order valence-corrected chi connectivity index (χ1v) is 7.48. The Labute approximate surface area is 127 Å². The number of hydrogen-bond donors (Lipinski definition) is 1. The molecular formula is C16H18BrFN2. The van der Waals surface area contributed by atoms with E-state index in [0.29, 0.717) is 12.0 Å². The Hall–Kier alpha value is -1.26. The van der Waals surface area contributed by atoms with E-state index in [2.05, 4.69) is 32.3 Å². The number of rotatable bonds is 5. The van der Waals surface area contributed by atoms with Crippen molar-refractivity contribution in [3.63, 3.8) is 0 Å². The molecular weight excluding hydrogens is 319 g/mol. The molecule has 0 aliphatic heterocycles. The molecule has 1 N–H and O–H groups in total. The number of benzene rings is 1. The van der Waals surface area contributed by atoms with Gasteiger partial charge >= 0.3 is 0 Å². The summed E-state index contributed by atoms with van der Waals surface area (Å²) in [6.07, 6.45) is 4.27. The van der Waals surface area contributed by atoms with Crippen LogP contribution >= 0.6 is 15.9 Å². The fourth-order valence-electron chi connectivity index (χ4n) is 2.24. The van der Waals surface area contributed by atoms with E-state index in [0.717, 1.165) is 22.1 Å². The third kappa shape index (κ3) is 3.87. The fraction of sp³-hybridized carbons (Fsp3) is 0.312. The van der Waals surface area contributed by atoms with Gasteiger partial charge in [0, 0.05) is 22.9 Å². The van der Waals surface area contributed by atoms with Gasteiger partial charge in [0.15, 0.2) is 0 Å². The van der Waals surface area contributed by atoms with Gasteiger partial charge in [0.1, 0.15) is 5.82 Å². The van der Waals surface area contributed by atoms with Crippen LogP contribution in [-0.4, -0.2) is 11.5 Å². The maximum atomic E-state index is 13.9. The van der Waals surface area contributed by atoms with Crippen molar-refractivity contribution in [1.29, 1.82) is 0 Å². The minimum Gasteiger partial charge on any atom is -0.310 e. The van der Waals surface area contributed by atoms with Crippen LogP contribution in [0, 0.1) is 12.7 Å². The molecule has 0 fully saturated rings. The van der Waals surface area contributed by atoms with Gasteiger partial charge in [-0.1, -0.05) is 28.9 Å². The zero-order valence-electron chi connectivity index (χ0n) is 11.7. The normalized spacial score (nSPS) is 12.4. The van der Waals surface area contributed by atoms with Crippen molar-refractivity contribution < 1.29 is 4.39 Å². The van der Waals surface area contributed by atoms with Crippen LogP contribution in [0.4, 0.5) is 4.39 Å². The molecule has 2 nitrogen and oxygen atoms in total. The van der Waals surface area contributed by atoms with Crippen molar-refractivity contribution in [2.75, 3.05) is 6.54 Å². The highest BCUT2D eigenvalue weighted by Crippen LogP contribution is 2.23. The van der Waals surface area contributed by atoms with E-state index in [1.165, 1.54) is 6.07 Å². The van der Waals surface area contributed by atoms with Gasteiger partial charge in [-0.2, -0.15) is 0 Å². The monoisotopic (exact) mass is 336 g/mol. The summed E-state index contributed by atoms with van der Waals surface area (Å²) in [5, 5.41) is 3.40. The lowest BCUT2D eigenvalue weighted by Crippen LogP contribution is -2.23. The van der Waals surface area contributed by atoms with E-state index >= 15 is 0 Å². The van der Waals surface area contributed by atoms with Crippen LogP contribution in [0.1, 0.15) is 29.7 Å². The van der Waals surface area contributed by atoms with Crippen molar-refractivity contribution in [1.82, 2.24) is 10.3 Å². The fourth-order valence-corrected chi connectivity index (χ4v) is 2.65. The lowest BCUT2D eigenvalue weighted by atomic mass is 9.99. The molecule has 0 amide bonds. The molecule has 4 heteroatoms. The van der Waals surface area contributed by atoms with Crippen LogP contribution in [0.3, 0.4) is 0 Å². The largest absolute Gasteiger partial charge is 0.310 e. The van der Waals surface area contributed by atoms with Crippen LogP contribution in [0.5, 0.6) is 0 Å². The number of nitrogens with one attached hydrogen (secondary N) is 1. The Bertz CT molecular complexity index is 586. The minimum atomic E-state index is -0.170. The summed E-state index contributed by atoms with van der Waals surface area (Å²) in [6.45, 7) is 4.89. The molecule has 0 spiro atoms. The highest BCUT2D eigenvalue weighted by Gasteiger charge is 2.14. The molecule has 2 aromatic rings. The topological polar surface area (TPSA) is 24.9 Å². The van der Waals surface area contributed by atoms with Gasteiger partial charge in [0.2, 0.25) is 0 Å². The molecule has 0 aliphatic carbocycles. The molecule has 0 aliphatic rings. The van der Waals surface area contributed by atoms with Gasteiger partial charge in [0.05, 0.1) is 0 Å². The van der Waals surface area contributed by atoms with E-state index in [-0.39, 0.29) is 11.9 Å². The predicted octanol–water partition coefficient (Wildman–Crippen LogP) is 4.18. The Morgan fingerprint density at radius 2 is 2.10 bits per heavy atom. The molecule has 1 atom stereocenters. The predicted molar refractivity (Wildman–Crippen MR) is 83.2 cm³/mol. The summed E-state index contributed by atoms with van der Waals surface area (Å²) in [7, 11) is 0. The van der Waals surface area contributed by atoms with Gasteiger partial charge in [0.25, 0.3) is 0 Å². The molecule has 0 saturated carbocycles. The third-order valence-electron chi connectivity index (χ3n) is 3.18. The van der Waals surface area contributed by atoms with E-state index in [9.17, 15) is 4.39 Å². The van der Waals surface area contributed by atoms with Crippen LogP contribution in [0.25, 0.3) is 0 Å². The van der Waals surface area contributed by atoms with Crippen LogP contribution in [-0.2, 0) is 6.42 Å². The number of aromatic nitrogens is 1. The number of aryl methyl sites for hydroxylation is 1. The Balaban J connectivity index is 2.27. The summed E-state index contributed by atoms with van der Waals surface area (Å²) < 4.78 is 14.8. The molecule has 0 radical (unpaired) electrons. The number of hydrogen-bond acceptors (Lipinski definition) is 2. The molecule has 1 aromatic heterocycles. The number of halogens is 2. The summed E-state index contributed by atoms with van der Waals surface area (Å²) in [6, 6.07) is 7.21. The quantitative estimate of drug-likeness (QED) is 0.885. The van der Waals surface area contributed by atoms with E-state index in [4.69, 9.17) is 0 Å². The van der Waals surface area contributed by atoms with Crippen molar-refractivity contribution in [2.45, 2.75) is 26.3 Å². The smallest absolute Gasteiger partial charge is 0.126 e. The minimum absolute atomic E-state index is 0.0659. The van der Waals surface area contributed by atoms with Gasteiger partial charge in [-0.05, 0) is 54.8 Å². The second-order valence-electron chi connectivity index (χ2n) is 4.85. The maximum Gasteiger partial charge on any atom is 0.126 e.